The lowest BCUT2D eigenvalue weighted by Crippen LogP contribution is -2.23. The maximum absolute atomic E-state index is 5.96. The zero-order valence-corrected chi connectivity index (χ0v) is 11.4. The number of aryl methyl sites for hydroxylation is 1. The second-order valence-corrected chi connectivity index (χ2v) is 4.84. The van der Waals surface area contributed by atoms with Crippen molar-refractivity contribution in [1.29, 1.82) is 0 Å². The summed E-state index contributed by atoms with van der Waals surface area (Å²) in [7, 11) is 4.12. The Morgan fingerprint density at radius 2 is 2.06 bits per heavy atom. The molecule has 0 fully saturated rings. The molecule has 4 nitrogen and oxygen atoms in total. The van der Waals surface area contributed by atoms with Crippen molar-refractivity contribution in [2.45, 2.75) is 39.2 Å². The van der Waals surface area contributed by atoms with Crippen LogP contribution in [0.2, 0.25) is 0 Å². The number of hydrogen-bond donors (Lipinski definition) is 1. The fourth-order valence-corrected chi connectivity index (χ4v) is 1.65. The van der Waals surface area contributed by atoms with Crippen molar-refractivity contribution in [3.05, 3.63) is 23.3 Å². The van der Waals surface area contributed by atoms with Crippen molar-refractivity contribution in [1.82, 2.24) is 14.9 Å². The van der Waals surface area contributed by atoms with Crippen LogP contribution in [0.15, 0.2) is 6.07 Å². The zero-order chi connectivity index (χ0) is 12.8. The van der Waals surface area contributed by atoms with E-state index in [1.807, 2.05) is 13.0 Å². The predicted molar refractivity (Wildman–Crippen MR) is 71.0 cm³/mol. The molecule has 1 aromatic rings. The van der Waals surface area contributed by atoms with Gasteiger partial charge in [-0.3, -0.25) is 0 Å². The third kappa shape index (κ3) is 5.24. The van der Waals surface area contributed by atoms with Gasteiger partial charge in [0, 0.05) is 36.8 Å². The van der Waals surface area contributed by atoms with E-state index in [0.717, 1.165) is 43.0 Å². The largest absolute Gasteiger partial charge is 0.327 e. The van der Waals surface area contributed by atoms with Crippen molar-refractivity contribution >= 4 is 0 Å². The van der Waals surface area contributed by atoms with Crippen LogP contribution in [-0.4, -0.2) is 41.5 Å². The maximum Gasteiger partial charge on any atom is 0.130 e. The molecule has 1 rings (SSSR count). The summed E-state index contributed by atoms with van der Waals surface area (Å²) in [5.41, 5.74) is 8.06. The lowest BCUT2D eigenvalue weighted by atomic mass is 10.1. The van der Waals surface area contributed by atoms with E-state index in [-0.39, 0.29) is 6.04 Å². The first kappa shape index (κ1) is 14.1. The fourth-order valence-electron chi connectivity index (χ4n) is 1.65. The molecule has 1 heterocycles. The molecular formula is C13H24N4. The Balaban J connectivity index is 2.72. The van der Waals surface area contributed by atoms with Crippen LogP contribution in [-0.2, 0) is 12.8 Å². The number of nitrogens with zero attached hydrogens (tertiary/aromatic N) is 3. The molecule has 0 saturated heterocycles. The Hall–Kier alpha value is -1.00. The highest BCUT2D eigenvalue weighted by molar-refractivity contribution is 5.11. The predicted octanol–water partition coefficient (Wildman–Crippen LogP) is 1.17. The van der Waals surface area contributed by atoms with Gasteiger partial charge in [0.2, 0.25) is 0 Å². The normalized spacial score (nSPS) is 13.1. The Labute approximate surface area is 104 Å². The van der Waals surface area contributed by atoms with Crippen LogP contribution < -0.4 is 5.73 Å². The van der Waals surface area contributed by atoms with Gasteiger partial charge in [0.15, 0.2) is 0 Å². The Kier molecular flexibility index (Phi) is 5.51. The summed E-state index contributed by atoms with van der Waals surface area (Å²) in [5.74, 6) is 0.928. The van der Waals surface area contributed by atoms with E-state index < -0.39 is 0 Å². The number of likely N-dealkylation sites (N-methyl/N-ethyl adjacent to an activating group) is 1. The average molecular weight is 236 g/mol. The van der Waals surface area contributed by atoms with E-state index in [2.05, 4.69) is 35.9 Å². The first-order valence-corrected chi connectivity index (χ1v) is 6.25. The highest BCUT2D eigenvalue weighted by Gasteiger charge is 2.06. The van der Waals surface area contributed by atoms with E-state index in [0.29, 0.717) is 0 Å². The SMILES string of the molecule is CCC(N)Cc1cc(C)nc(CCN(C)C)n1. The molecule has 0 radical (unpaired) electrons. The van der Waals surface area contributed by atoms with Gasteiger partial charge in [-0.15, -0.1) is 0 Å². The van der Waals surface area contributed by atoms with E-state index in [9.17, 15) is 0 Å². The topological polar surface area (TPSA) is 55.0 Å². The molecule has 0 amide bonds. The lowest BCUT2D eigenvalue weighted by Gasteiger charge is -2.12. The van der Waals surface area contributed by atoms with Crippen LogP contribution in [0, 0.1) is 6.92 Å². The molecule has 4 heteroatoms. The van der Waals surface area contributed by atoms with Gasteiger partial charge in [-0.25, -0.2) is 9.97 Å². The second kappa shape index (κ2) is 6.67. The molecule has 17 heavy (non-hydrogen) atoms. The Bertz CT molecular complexity index is 349. The van der Waals surface area contributed by atoms with Crippen molar-refractivity contribution in [2.75, 3.05) is 20.6 Å². The second-order valence-electron chi connectivity index (χ2n) is 4.84. The minimum Gasteiger partial charge on any atom is -0.327 e. The van der Waals surface area contributed by atoms with Gasteiger partial charge in [-0.2, -0.15) is 0 Å². The quantitative estimate of drug-likeness (QED) is 0.805. The Morgan fingerprint density at radius 3 is 2.65 bits per heavy atom. The van der Waals surface area contributed by atoms with Gasteiger partial charge < -0.3 is 10.6 Å². The molecule has 0 aromatic carbocycles. The molecule has 1 aromatic heterocycles. The molecule has 0 spiro atoms. The van der Waals surface area contributed by atoms with Gasteiger partial charge in [-0.1, -0.05) is 6.92 Å². The van der Waals surface area contributed by atoms with Crippen LogP contribution >= 0.6 is 0 Å². The van der Waals surface area contributed by atoms with Crippen molar-refractivity contribution < 1.29 is 0 Å². The van der Waals surface area contributed by atoms with Gasteiger partial charge in [0.05, 0.1) is 0 Å². The summed E-state index contributed by atoms with van der Waals surface area (Å²) < 4.78 is 0. The minimum atomic E-state index is 0.200. The van der Waals surface area contributed by atoms with Crippen molar-refractivity contribution in [3.8, 4) is 0 Å². The van der Waals surface area contributed by atoms with E-state index in [4.69, 9.17) is 5.73 Å². The summed E-state index contributed by atoms with van der Waals surface area (Å²) in [5, 5.41) is 0. The summed E-state index contributed by atoms with van der Waals surface area (Å²) in [6.45, 7) is 5.09. The minimum absolute atomic E-state index is 0.200. The van der Waals surface area contributed by atoms with Crippen LogP contribution in [0.4, 0.5) is 0 Å². The highest BCUT2D eigenvalue weighted by Crippen LogP contribution is 2.05. The molecule has 1 atom stereocenters. The highest BCUT2D eigenvalue weighted by atomic mass is 15.1. The first-order chi connectivity index (χ1) is 8.01. The Morgan fingerprint density at radius 1 is 1.35 bits per heavy atom. The molecule has 1 unspecified atom stereocenters. The third-order valence-electron chi connectivity index (χ3n) is 2.73. The lowest BCUT2D eigenvalue weighted by molar-refractivity contribution is 0.409. The van der Waals surface area contributed by atoms with E-state index >= 15 is 0 Å². The fraction of sp³-hybridized carbons (Fsp3) is 0.692. The van der Waals surface area contributed by atoms with Crippen LogP contribution in [0.5, 0.6) is 0 Å². The van der Waals surface area contributed by atoms with Gasteiger partial charge >= 0.3 is 0 Å². The van der Waals surface area contributed by atoms with Crippen molar-refractivity contribution in [2.24, 2.45) is 5.73 Å². The van der Waals surface area contributed by atoms with Crippen LogP contribution in [0.1, 0.15) is 30.6 Å². The van der Waals surface area contributed by atoms with E-state index in [1.54, 1.807) is 0 Å². The van der Waals surface area contributed by atoms with Crippen LogP contribution in [0.3, 0.4) is 0 Å². The summed E-state index contributed by atoms with van der Waals surface area (Å²) in [6.07, 6.45) is 2.72. The zero-order valence-electron chi connectivity index (χ0n) is 11.4. The third-order valence-corrected chi connectivity index (χ3v) is 2.73. The summed E-state index contributed by atoms with van der Waals surface area (Å²) in [6, 6.07) is 2.24. The molecule has 0 aliphatic heterocycles. The smallest absolute Gasteiger partial charge is 0.130 e. The first-order valence-electron chi connectivity index (χ1n) is 6.25. The maximum atomic E-state index is 5.96. The van der Waals surface area contributed by atoms with Crippen LogP contribution in [0.25, 0.3) is 0 Å². The monoisotopic (exact) mass is 236 g/mol. The standard InChI is InChI=1S/C13H24N4/c1-5-11(14)9-12-8-10(2)15-13(16-12)6-7-17(3)4/h8,11H,5-7,9,14H2,1-4H3. The van der Waals surface area contributed by atoms with Gasteiger partial charge in [0.25, 0.3) is 0 Å². The van der Waals surface area contributed by atoms with Gasteiger partial charge in [0.1, 0.15) is 5.82 Å². The van der Waals surface area contributed by atoms with Crippen molar-refractivity contribution in [3.63, 3.8) is 0 Å². The molecule has 0 aliphatic rings. The summed E-state index contributed by atoms with van der Waals surface area (Å²) >= 11 is 0. The summed E-state index contributed by atoms with van der Waals surface area (Å²) in [4.78, 5) is 11.2. The molecular weight excluding hydrogens is 212 g/mol. The number of hydrogen-bond acceptors (Lipinski definition) is 4. The number of nitrogens with two attached hydrogens (primary N) is 1. The van der Waals surface area contributed by atoms with E-state index in [1.165, 1.54) is 0 Å². The molecule has 0 bridgehead atoms. The van der Waals surface area contributed by atoms with Gasteiger partial charge in [-0.05, 0) is 33.5 Å². The average Bonchev–Trinajstić information content (AvgIpc) is 2.25. The number of rotatable bonds is 6. The molecule has 0 aliphatic carbocycles. The molecule has 2 N–H and O–H groups in total. The number of aromatic nitrogens is 2. The molecule has 0 saturated carbocycles. The molecule has 96 valence electrons.